The lowest BCUT2D eigenvalue weighted by Gasteiger charge is -2.22. The Morgan fingerprint density at radius 1 is 0.471 bits per heavy atom. The number of hydrogen-bond donors (Lipinski definition) is 2. The summed E-state index contributed by atoms with van der Waals surface area (Å²) in [5.74, 6) is 4.35. The molecule has 16 heteroatoms. The maximum atomic E-state index is 12.3. The second-order valence-electron chi connectivity index (χ2n) is 10.3. The van der Waals surface area contributed by atoms with E-state index in [1.165, 1.54) is 0 Å². The van der Waals surface area contributed by atoms with Crippen LogP contribution in [0.4, 0.5) is 0 Å². The van der Waals surface area contributed by atoms with Gasteiger partial charge in [0.05, 0.1) is 119 Å². The summed E-state index contributed by atoms with van der Waals surface area (Å²) in [4.78, 5) is 38.2. The van der Waals surface area contributed by atoms with Crippen LogP contribution in [0.3, 0.4) is 0 Å². The molecule has 3 amide bonds. The molecular formula is C35H61N3O13. The minimum absolute atomic E-state index is 0.0631. The summed E-state index contributed by atoms with van der Waals surface area (Å²) in [6.07, 6.45) is 10.9. The van der Waals surface area contributed by atoms with Gasteiger partial charge in [-0.1, -0.05) is 18.8 Å². The Kier molecular flexibility index (Phi) is 37.7. The summed E-state index contributed by atoms with van der Waals surface area (Å²) >= 11 is 0. The van der Waals surface area contributed by atoms with Crippen LogP contribution in [0.1, 0.15) is 26.2 Å². The fourth-order valence-electron chi connectivity index (χ4n) is 3.77. The zero-order valence-corrected chi connectivity index (χ0v) is 30.5. The van der Waals surface area contributed by atoms with Crippen molar-refractivity contribution in [2.75, 3.05) is 158 Å². The number of nitrogens with zero attached hydrogens (tertiary/aromatic N) is 1. The van der Waals surface area contributed by atoms with E-state index < -0.39 is 0 Å². The van der Waals surface area contributed by atoms with Crippen molar-refractivity contribution in [3.8, 4) is 24.7 Å². The predicted molar refractivity (Wildman–Crippen MR) is 188 cm³/mol. The van der Waals surface area contributed by atoms with Gasteiger partial charge < -0.3 is 62.9 Å². The van der Waals surface area contributed by atoms with Gasteiger partial charge in [-0.15, -0.1) is 12.8 Å². The van der Waals surface area contributed by atoms with E-state index in [0.29, 0.717) is 138 Å². The summed E-state index contributed by atoms with van der Waals surface area (Å²) in [7, 11) is 0. The Labute approximate surface area is 304 Å². The molecule has 0 spiro atoms. The molecule has 16 nitrogen and oxygen atoms in total. The number of rotatable bonds is 39. The third-order valence-corrected chi connectivity index (χ3v) is 6.36. The molecule has 51 heavy (non-hydrogen) atoms. The molecule has 0 atom stereocenters. The second kappa shape index (κ2) is 39.9. The number of nitrogens with one attached hydrogen (secondary N) is 2. The predicted octanol–water partition coefficient (Wildman–Crippen LogP) is -0.330. The molecule has 2 N–H and O–H groups in total. The summed E-state index contributed by atoms with van der Waals surface area (Å²) in [6.45, 7) is 11.1. The SMILES string of the molecule is C#CCOCCOCCOCCOCCOCCC(=O)NCCN(CCNC(=O)CCOCCOCCOCCOCCOCC#C)C(=O)CC. The van der Waals surface area contributed by atoms with Gasteiger partial charge in [-0.3, -0.25) is 14.4 Å². The molecule has 0 rings (SSSR count). The van der Waals surface area contributed by atoms with Gasteiger partial charge in [0.2, 0.25) is 17.7 Å². The van der Waals surface area contributed by atoms with Crippen molar-refractivity contribution < 1.29 is 61.8 Å². The minimum Gasteiger partial charge on any atom is -0.379 e. The topological polar surface area (TPSA) is 171 Å². The Hall–Kier alpha value is -2.87. The highest BCUT2D eigenvalue weighted by atomic mass is 16.6. The number of carbonyl (C=O) groups is 3. The van der Waals surface area contributed by atoms with Gasteiger partial charge in [-0.2, -0.15) is 0 Å². The van der Waals surface area contributed by atoms with E-state index in [0.717, 1.165) is 0 Å². The van der Waals surface area contributed by atoms with E-state index in [1.54, 1.807) is 11.8 Å². The van der Waals surface area contributed by atoms with Crippen LogP contribution in [0.15, 0.2) is 0 Å². The van der Waals surface area contributed by atoms with Gasteiger partial charge in [-0.25, -0.2) is 0 Å². The first kappa shape index (κ1) is 48.1. The van der Waals surface area contributed by atoms with Crippen molar-refractivity contribution in [3.05, 3.63) is 0 Å². The van der Waals surface area contributed by atoms with Gasteiger partial charge in [0.15, 0.2) is 0 Å². The maximum absolute atomic E-state index is 12.3. The summed E-state index contributed by atoms with van der Waals surface area (Å²) in [6, 6.07) is 0. The molecule has 0 saturated carbocycles. The van der Waals surface area contributed by atoms with Crippen molar-refractivity contribution in [2.24, 2.45) is 0 Å². The smallest absolute Gasteiger partial charge is 0.222 e. The Morgan fingerprint density at radius 2 is 0.745 bits per heavy atom. The highest BCUT2D eigenvalue weighted by molar-refractivity contribution is 5.77. The first-order chi connectivity index (χ1) is 25.0. The molecule has 0 aromatic carbocycles. The zero-order chi connectivity index (χ0) is 37.3. The zero-order valence-electron chi connectivity index (χ0n) is 30.5. The standard InChI is InChI=1S/C35H61N3O13/c1-4-13-42-17-21-46-25-29-50-31-27-48-23-19-44-15-7-33(39)36-9-11-38(35(41)6-3)12-10-37-34(40)8-16-45-20-24-49-28-32-51-30-26-47-22-18-43-14-5-2/h1-2H,6-32H2,3H3,(H,36,39)(H,37,40). The average Bonchev–Trinajstić information content (AvgIpc) is 3.13. The number of carbonyl (C=O) groups excluding carboxylic acids is 3. The molecular weight excluding hydrogens is 670 g/mol. The lowest BCUT2D eigenvalue weighted by molar-refractivity contribution is -0.132. The van der Waals surface area contributed by atoms with Gasteiger partial charge in [0.25, 0.3) is 0 Å². The van der Waals surface area contributed by atoms with E-state index in [2.05, 4.69) is 22.5 Å². The highest BCUT2D eigenvalue weighted by Gasteiger charge is 2.12. The second-order valence-corrected chi connectivity index (χ2v) is 10.3. The monoisotopic (exact) mass is 731 g/mol. The minimum atomic E-state index is -0.175. The Balaban J connectivity index is 3.66. The third-order valence-electron chi connectivity index (χ3n) is 6.36. The molecule has 0 unspecified atom stereocenters. The largest absolute Gasteiger partial charge is 0.379 e. The van der Waals surface area contributed by atoms with E-state index in [4.69, 9.17) is 60.2 Å². The van der Waals surface area contributed by atoms with E-state index >= 15 is 0 Å². The molecule has 0 heterocycles. The molecule has 0 saturated heterocycles. The van der Waals surface area contributed by atoms with Crippen LogP contribution in [0, 0.1) is 24.7 Å². The molecule has 0 aliphatic rings. The highest BCUT2D eigenvalue weighted by Crippen LogP contribution is 1.94. The van der Waals surface area contributed by atoms with Crippen LogP contribution in [0.2, 0.25) is 0 Å². The molecule has 0 aromatic heterocycles. The van der Waals surface area contributed by atoms with Gasteiger partial charge in [0, 0.05) is 45.4 Å². The summed E-state index contributed by atoms with van der Waals surface area (Å²) in [5, 5.41) is 5.59. The lowest BCUT2D eigenvalue weighted by atomic mass is 10.3. The maximum Gasteiger partial charge on any atom is 0.222 e. The first-order valence-corrected chi connectivity index (χ1v) is 17.5. The number of hydrogen-bond acceptors (Lipinski definition) is 13. The quantitative estimate of drug-likeness (QED) is 0.0623. The molecule has 0 radical (unpaired) electrons. The van der Waals surface area contributed by atoms with Gasteiger partial charge in [-0.05, 0) is 0 Å². The van der Waals surface area contributed by atoms with Gasteiger partial charge in [0.1, 0.15) is 13.2 Å². The lowest BCUT2D eigenvalue weighted by Crippen LogP contribution is -2.42. The van der Waals surface area contributed by atoms with Crippen LogP contribution in [-0.4, -0.2) is 181 Å². The van der Waals surface area contributed by atoms with Crippen LogP contribution < -0.4 is 10.6 Å². The number of ether oxygens (including phenoxy) is 10. The van der Waals surface area contributed by atoms with Crippen molar-refractivity contribution >= 4 is 17.7 Å². The van der Waals surface area contributed by atoms with Crippen LogP contribution in [0.5, 0.6) is 0 Å². The fraction of sp³-hybridized carbons (Fsp3) is 0.800. The van der Waals surface area contributed by atoms with Crippen molar-refractivity contribution in [1.29, 1.82) is 0 Å². The first-order valence-electron chi connectivity index (χ1n) is 17.5. The summed E-state index contributed by atoms with van der Waals surface area (Å²) < 4.78 is 53.4. The van der Waals surface area contributed by atoms with Crippen LogP contribution in [-0.2, 0) is 61.8 Å². The Bertz CT molecular complexity index is 850. The van der Waals surface area contributed by atoms with Crippen molar-refractivity contribution in [1.82, 2.24) is 15.5 Å². The Morgan fingerprint density at radius 3 is 1.02 bits per heavy atom. The molecule has 0 fully saturated rings. The van der Waals surface area contributed by atoms with Crippen LogP contribution in [0.25, 0.3) is 0 Å². The third kappa shape index (κ3) is 36.7. The van der Waals surface area contributed by atoms with Crippen molar-refractivity contribution in [3.63, 3.8) is 0 Å². The fourth-order valence-corrected chi connectivity index (χ4v) is 3.77. The van der Waals surface area contributed by atoms with Crippen LogP contribution >= 0.6 is 0 Å². The number of terminal acetylenes is 2. The molecule has 0 aromatic rings. The molecule has 0 bridgehead atoms. The van der Waals surface area contributed by atoms with E-state index in [1.807, 2.05) is 0 Å². The number of amides is 3. The normalized spacial score (nSPS) is 10.8. The molecule has 294 valence electrons. The van der Waals surface area contributed by atoms with Crippen molar-refractivity contribution in [2.45, 2.75) is 26.2 Å². The summed E-state index contributed by atoms with van der Waals surface area (Å²) in [5.41, 5.74) is 0. The molecule has 0 aliphatic heterocycles. The van der Waals surface area contributed by atoms with E-state index in [9.17, 15) is 14.4 Å². The molecule has 0 aliphatic carbocycles. The average molecular weight is 732 g/mol. The van der Waals surface area contributed by atoms with Gasteiger partial charge >= 0.3 is 0 Å². The van der Waals surface area contributed by atoms with E-state index in [-0.39, 0.29) is 57.0 Å².